The summed E-state index contributed by atoms with van der Waals surface area (Å²) in [5.74, 6) is -0.935. The number of rotatable bonds is 2. The molecule has 2 nitrogen and oxygen atoms in total. The number of fused-ring (bicyclic) bond motifs is 3. The highest BCUT2D eigenvalue weighted by Crippen LogP contribution is 2.44. The summed E-state index contributed by atoms with van der Waals surface area (Å²) in [6, 6.07) is 14.0. The molecule has 2 heterocycles. The fourth-order valence-electron chi connectivity index (χ4n) is 4.50. The Morgan fingerprint density at radius 1 is 1.10 bits per heavy atom. The molecule has 0 spiro atoms. The predicted octanol–water partition coefficient (Wildman–Crippen LogP) is 7.95. The van der Waals surface area contributed by atoms with Crippen LogP contribution in [0, 0.1) is 19.2 Å². The van der Waals surface area contributed by atoms with E-state index in [0.717, 1.165) is 45.9 Å². The van der Waals surface area contributed by atoms with Crippen molar-refractivity contribution in [3.63, 3.8) is 0 Å². The smallest absolute Gasteiger partial charge is 0.144 e. The van der Waals surface area contributed by atoms with Crippen molar-refractivity contribution < 1.29 is 9.90 Å². The summed E-state index contributed by atoms with van der Waals surface area (Å²) in [7, 11) is 0. The van der Waals surface area contributed by atoms with Gasteiger partial charge in [0.2, 0.25) is 0 Å². The van der Waals surface area contributed by atoms with Crippen molar-refractivity contribution in [2.24, 2.45) is 5.41 Å². The normalized spacial score (nSPS) is 20.8. The zero-order chi connectivity index (χ0) is 23.6. The first-order chi connectivity index (χ1) is 15.5. The number of nitrogens with zero attached hydrogens (tertiary/aromatic N) is 1. The molecule has 1 fully saturated rings. The molecule has 0 amide bonds. The summed E-state index contributed by atoms with van der Waals surface area (Å²) >= 11 is 0. The van der Waals surface area contributed by atoms with Crippen LogP contribution in [0.3, 0.4) is 0 Å². The monoisotopic (exact) mass is 387 g/mol. The van der Waals surface area contributed by atoms with E-state index >= 15 is 0 Å². The summed E-state index contributed by atoms with van der Waals surface area (Å²) in [5, 5.41) is 2.05. The second kappa shape index (κ2) is 6.73. The second-order valence-electron chi connectivity index (χ2n) is 9.17. The SMILES string of the molecule is [2H]C([2H])([2H])c1cnc(-c2cccc3c2oc2cc(C)ccc23)cc1C1([2H])CCC(C)(C)CC1. The lowest BCUT2D eigenvalue weighted by molar-refractivity contribution is 0.224. The zero-order valence-electron chi connectivity index (χ0n) is 21.3. The molecule has 1 saturated carbocycles. The molecule has 1 aliphatic rings. The molecular weight excluding hydrogens is 354 g/mol. The third kappa shape index (κ3) is 3.25. The first-order valence-corrected chi connectivity index (χ1v) is 10.4. The van der Waals surface area contributed by atoms with E-state index < -0.39 is 12.7 Å². The minimum Gasteiger partial charge on any atom is -0.455 e. The highest BCUT2D eigenvalue weighted by Gasteiger charge is 2.28. The van der Waals surface area contributed by atoms with Gasteiger partial charge in [-0.05, 0) is 85.7 Å². The van der Waals surface area contributed by atoms with Crippen molar-refractivity contribution in [3.8, 4) is 11.3 Å². The highest BCUT2D eigenvalue weighted by atomic mass is 16.3. The Balaban J connectivity index is 1.70. The van der Waals surface area contributed by atoms with Crippen LogP contribution in [-0.4, -0.2) is 4.98 Å². The minimum absolute atomic E-state index is 0.179. The van der Waals surface area contributed by atoms with Crippen LogP contribution in [0.2, 0.25) is 0 Å². The Bertz CT molecular complexity index is 1360. The van der Waals surface area contributed by atoms with Gasteiger partial charge >= 0.3 is 0 Å². The van der Waals surface area contributed by atoms with Gasteiger partial charge in [-0.3, -0.25) is 4.98 Å². The minimum atomic E-state index is -2.31. The number of benzene rings is 2. The predicted molar refractivity (Wildman–Crippen MR) is 121 cm³/mol. The third-order valence-electron chi connectivity index (χ3n) is 6.42. The number of pyridine rings is 1. The molecule has 0 atom stereocenters. The average molecular weight is 388 g/mol. The van der Waals surface area contributed by atoms with Crippen LogP contribution in [0.1, 0.15) is 67.6 Å². The van der Waals surface area contributed by atoms with Gasteiger partial charge in [-0.25, -0.2) is 0 Å². The zero-order valence-corrected chi connectivity index (χ0v) is 17.3. The number of furan rings is 1. The lowest BCUT2D eigenvalue weighted by Crippen LogP contribution is -2.20. The topological polar surface area (TPSA) is 26.0 Å². The summed E-state index contributed by atoms with van der Waals surface area (Å²) in [6.45, 7) is 4.16. The number of aryl methyl sites for hydroxylation is 2. The van der Waals surface area contributed by atoms with Crippen LogP contribution in [0.5, 0.6) is 0 Å². The van der Waals surface area contributed by atoms with E-state index in [1.54, 1.807) is 0 Å². The fraction of sp³-hybridized carbons (Fsp3) is 0.370. The van der Waals surface area contributed by atoms with Crippen molar-refractivity contribution in [3.05, 3.63) is 65.4 Å². The van der Waals surface area contributed by atoms with Crippen LogP contribution in [0.15, 0.2) is 53.1 Å². The van der Waals surface area contributed by atoms with Gasteiger partial charge in [-0.15, -0.1) is 0 Å². The van der Waals surface area contributed by atoms with Crippen LogP contribution < -0.4 is 0 Å². The molecule has 0 unspecified atom stereocenters. The molecule has 5 rings (SSSR count). The van der Waals surface area contributed by atoms with Crippen molar-refractivity contribution in [2.75, 3.05) is 0 Å². The van der Waals surface area contributed by atoms with E-state index in [2.05, 4.69) is 31.0 Å². The number of para-hydroxylation sites is 1. The molecule has 148 valence electrons. The van der Waals surface area contributed by atoms with Gasteiger partial charge < -0.3 is 4.42 Å². The van der Waals surface area contributed by atoms with E-state index in [4.69, 9.17) is 8.53 Å². The molecule has 2 aromatic heterocycles. The average Bonchev–Trinajstić information content (AvgIpc) is 3.12. The van der Waals surface area contributed by atoms with E-state index in [1.165, 1.54) is 6.20 Å². The molecule has 0 saturated heterocycles. The van der Waals surface area contributed by atoms with Gasteiger partial charge in [0.15, 0.2) is 0 Å². The Kier molecular flexibility index (Phi) is 3.34. The van der Waals surface area contributed by atoms with Crippen molar-refractivity contribution in [2.45, 2.75) is 59.2 Å². The van der Waals surface area contributed by atoms with Gasteiger partial charge in [0.25, 0.3) is 0 Å². The molecule has 0 N–H and O–H groups in total. The van der Waals surface area contributed by atoms with Gasteiger partial charge in [0.05, 0.1) is 5.69 Å². The fourth-order valence-corrected chi connectivity index (χ4v) is 4.50. The summed E-state index contributed by atoms with van der Waals surface area (Å²) in [6.07, 6.45) is 4.53. The Morgan fingerprint density at radius 3 is 2.72 bits per heavy atom. The maximum Gasteiger partial charge on any atom is 0.144 e. The van der Waals surface area contributed by atoms with Gasteiger partial charge in [0, 0.05) is 28.0 Å². The second-order valence-corrected chi connectivity index (χ2v) is 9.17. The quantitative estimate of drug-likeness (QED) is 0.349. The van der Waals surface area contributed by atoms with Crippen LogP contribution in [-0.2, 0) is 0 Å². The van der Waals surface area contributed by atoms with E-state index in [9.17, 15) is 1.37 Å². The van der Waals surface area contributed by atoms with Gasteiger partial charge in [-0.2, -0.15) is 0 Å². The first-order valence-electron chi connectivity index (χ1n) is 12.4. The number of hydrogen-bond donors (Lipinski definition) is 0. The molecule has 0 aliphatic heterocycles. The summed E-state index contributed by atoms with van der Waals surface area (Å²) < 4.78 is 39.8. The van der Waals surface area contributed by atoms with E-state index in [0.29, 0.717) is 24.1 Å². The lowest BCUT2D eigenvalue weighted by Gasteiger charge is -2.35. The summed E-state index contributed by atoms with van der Waals surface area (Å²) in [4.78, 5) is 4.57. The largest absolute Gasteiger partial charge is 0.455 e. The van der Waals surface area contributed by atoms with Crippen molar-refractivity contribution in [1.29, 1.82) is 0 Å². The lowest BCUT2D eigenvalue weighted by atomic mass is 9.71. The van der Waals surface area contributed by atoms with Crippen LogP contribution >= 0.6 is 0 Å². The molecular formula is C27H29NO. The Hall–Kier alpha value is -2.61. The summed E-state index contributed by atoms with van der Waals surface area (Å²) in [5.41, 5.74) is 5.10. The van der Waals surface area contributed by atoms with Crippen molar-refractivity contribution in [1.82, 2.24) is 4.98 Å². The number of hydrogen-bond acceptors (Lipinski definition) is 2. The molecule has 2 heteroatoms. The van der Waals surface area contributed by atoms with Crippen LogP contribution in [0.4, 0.5) is 0 Å². The standard InChI is InChI=1S/C27H29NO/c1-17-8-9-20-21-6-5-7-22(26(21)29-25(20)14-17)24-15-23(18(2)16-28-24)19-10-12-27(3,4)13-11-19/h5-9,14-16,19H,10-13H2,1-4H3/i2D3,19D. The van der Waals surface area contributed by atoms with E-state index in [-0.39, 0.29) is 11.0 Å². The van der Waals surface area contributed by atoms with Crippen LogP contribution in [0.25, 0.3) is 33.2 Å². The Labute approximate surface area is 178 Å². The molecule has 1 aliphatic carbocycles. The highest BCUT2D eigenvalue weighted by molar-refractivity contribution is 6.09. The van der Waals surface area contributed by atoms with Gasteiger partial charge in [0.1, 0.15) is 11.2 Å². The molecule has 0 radical (unpaired) electrons. The number of aromatic nitrogens is 1. The molecule has 0 bridgehead atoms. The molecule has 4 aromatic rings. The maximum atomic E-state index is 9.29. The third-order valence-corrected chi connectivity index (χ3v) is 6.42. The van der Waals surface area contributed by atoms with Gasteiger partial charge in [-0.1, -0.05) is 38.1 Å². The molecule has 2 aromatic carbocycles. The van der Waals surface area contributed by atoms with E-state index in [1.807, 2.05) is 37.3 Å². The maximum absolute atomic E-state index is 9.29. The first kappa shape index (κ1) is 14.4. The Morgan fingerprint density at radius 2 is 1.93 bits per heavy atom. The van der Waals surface area contributed by atoms with Crippen molar-refractivity contribution >= 4 is 21.9 Å². The molecule has 29 heavy (non-hydrogen) atoms.